The van der Waals surface area contributed by atoms with E-state index in [1.165, 1.54) is 13.2 Å². The normalized spacial score (nSPS) is 17.8. The largest absolute Gasteiger partial charge is 0.495 e. The summed E-state index contributed by atoms with van der Waals surface area (Å²) in [4.78, 5) is 0.0909. The highest BCUT2D eigenvalue weighted by Crippen LogP contribution is 2.37. The molecule has 0 aromatic heterocycles. The summed E-state index contributed by atoms with van der Waals surface area (Å²) >= 11 is 0. The highest BCUT2D eigenvalue weighted by Gasteiger charge is 2.41. The van der Waals surface area contributed by atoms with Gasteiger partial charge in [0.2, 0.25) is 10.0 Å². The van der Waals surface area contributed by atoms with Gasteiger partial charge in [-0.25, -0.2) is 13.1 Å². The summed E-state index contributed by atoms with van der Waals surface area (Å²) in [7, 11) is -2.14. The van der Waals surface area contributed by atoms with Gasteiger partial charge in [-0.3, -0.25) is 0 Å². The molecule has 1 saturated carbocycles. The molecule has 0 aliphatic heterocycles. The zero-order valence-corrected chi connectivity index (χ0v) is 10.7. The van der Waals surface area contributed by atoms with Crippen molar-refractivity contribution >= 4 is 15.7 Å². The van der Waals surface area contributed by atoms with Gasteiger partial charge in [-0.2, -0.15) is 0 Å². The summed E-state index contributed by atoms with van der Waals surface area (Å²) in [5.74, 6) is 0.302. The summed E-state index contributed by atoms with van der Waals surface area (Å²) in [6.45, 7) is 1.88. The molecule has 0 heterocycles. The zero-order valence-electron chi connectivity index (χ0n) is 9.86. The molecule has 5 nitrogen and oxygen atoms in total. The highest BCUT2D eigenvalue weighted by atomic mass is 32.2. The smallest absolute Gasteiger partial charge is 0.244 e. The molecule has 1 aliphatic rings. The summed E-state index contributed by atoms with van der Waals surface area (Å²) in [6.07, 6.45) is 1.72. The van der Waals surface area contributed by atoms with Gasteiger partial charge in [-0.1, -0.05) is 0 Å². The second-order valence-corrected chi connectivity index (χ2v) is 6.23. The molecular weight excluding hydrogens is 240 g/mol. The van der Waals surface area contributed by atoms with Gasteiger partial charge in [-0.15, -0.1) is 0 Å². The minimum Gasteiger partial charge on any atom is -0.495 e. The molecule has 17 heavy (non-hydrogen) atoms. The van der Waals surface area contributed by atoms with Gasteiger partial charge in [0.05, 0.1) is 7.11 Å². The number of methoxy groups -OCH3 is 1. The Kier molecular flexibility index (Phi) is 2.79. The maximum absolute atomic E-state index is 12.2. The molecule has 6 heteroatoms. The number of ether oxygens (including phenoxy) is 1. The Bertz CT molecular complexity index is 536. The monoisotopic (exact) mass is 256 g/mol. The third kappa shape index (κ3) is 2.53. The maximum Gasteiger partial charge on any atom is 0.244 e. The molecule has 0 radical (unpaired) electrons. The summed E-state index contributed by atoms with van der Waals surface area (Å²) in [5.41, 5.74) is 5.69. The number of hydrogen-bond acceptors (Lipinski definition) is 4. The third-order valence-corrected chi connectivity index (χ3v) is 4.52. The fourth-order valence-electron chi connectivity index (χ4n) is 1.57. The van der Waals surface area contributed by atoms with Crippen molar-refractivity contribution in [2.75, 3.05) is 12.8 Å². The van der Waals surface area contributed by atoms with Crippen molar-refractivity contribution in [3.8, 4) is 5.75 Å². The van der Waals surface area contributed by atoms with Crippen molar-refractivity contribution in [1.29, 1.82) is 0 Å². The maximum atomic E-state index is 12.2. The van der Waals surface area contributed by atoms with E-state index < -0.39 is 10.0 Å². The first kappa shape index (κ1) is 12.2. The van der Waals surface area contributed by atoms with Crippen LogP contribution >= 0.6 is 0 Å². The predicted molar refractivity (Wildman–Crippen MR) is 65.4 cm³/mol. The van der Waals surface area contributed by atoms with Gasteiger partial charge in [0.1, 0.15) is 10.6 Å². The number of sulfonamides is 1. The van der Waals surface area contributed by atoms with Crippen LogP contribution in [0.15, 0.2) is 23.1 Å². The van der Waals surface area contributed by atoms with Gasteiger partial charge in [0.25, 0.3) is 0 Å². The lowest BCUT2D eigenvalue weighted by molar-refractivity contribution is 0.402. The van der Waals surface area contributed by atoms with Crippen LogP contribution < -0.4 is 15.2 Å². The average molecular weight is 256 g/mol. The van der Waals surface area contributed by atoms with Crippen LogP contribution in [0, 0.1) is 0 Å². The van der Waals surface area contributed by atoms with E-state index in [0.29, 0.717) is 11.4 Å². The molecule has 0 atom stereocenters. The van der Waals surface area contributed by atoms with E-state index in [-0.39, 0.29) is 10.4 Å². The summed E-state index contributed by atoms with van der Waals surface area (Å²) < 4.78 is 32.1. The summed E-state index contributed by atoms with van der Waals surface area (Å²) in [5, 5.41) is 0. The highest BCUT2D eigenvalue weighted by molar-refractivity contribution is 7.89. The third-order valence-electron chi connectivity index (χ3n) is 2.86. The Balaban J connectivity index is 2.41. The quantitative estimate of drug-likeness (QED) is 0.791. The first-order valence-corrected chi connectivity index (χ1v) is 6.82. The molecule has 0 saturated heterocycles. The van der Waals surface area contributed by atoms with Crippen molar-refractivity contribution in [1.82, 2.24) is 4.72 Å². The van der Waals surface area contributed by atoms with Crippen molar-refractivity contribution < 1.29 is 13.2 Å². The van der Waals surface area contributed by atoms with E-state index in [9.17, 15) is 8.42 Å². The minimum atomic E-state index is -3.58. The van der Waals surface area contributed by atoms with Crippen LogP contribution in [0.2, 0.25) is 0 Å². The molecule has 0 unspecified atom stereocenters. The van der Waals surface area contributed by atoms with E-state index in [0.717, 1.165) is 12.8 Å². The van der Waals surface area contributed by atoms with Crippen LogP contribution in [0.3, 0.4) is 0 Å². The van der Waals surface area contributed by atoms with Gasteiger partial charge in [0, 0.05) is 11.2 Å². The van der Waals surface area contributed by atoms with Crippen LogP contribution in [0.5, 0.6) is 5.75 Å². The van der Waals surface area contributed by atoms with E-state index in [4.69, 9.17) is 10.5 Å². The van der Waals surface area contributed by atoms with Crippen molar-refractivity contribution in [2.45, 2.75) is 30.2 Å². The standard InChI is InChI=1S/C11H16N2O3S/c1-11(5-6-11)13-17(14,15)10-7-8(12)3-4-9(10)16-2/h3-4,7,13H,5-6,12H2,1-2H3. The predicted octanol–water partition coefficient (Wildman–Crippen LogP) is 1.11. The molecular formula is C11H16N2O3S. The Morgan fingerprint density at radius 3 is 2.59 bits per heavy atom. The van der Waals surface area contributed by atoms with Gasteiger partial charge >= 0.3 is 0 Å². The van der Waals surface area contributed by atoms with Crippen molar-refractivity contribution in [3.05, 3.63) is 18.2 Å². The molecule has 1 aliphatic carbocycles. The van der Waals surface area contributed by atoms with Crippen molar-refractivity contribution in [3.63, 3.8) is 0 Å². The van der Waals surface area contributed by atoms with Gasteiger partial charge in [-0.05, 0) is 38.0 Å². The number of anilines is 1. The SMILES string of the molecule is COc1ccc(N)cc1S(=O)(=O)NC1(C)CC1. The van der Waals surface area contributed by atoms with E-state index >= 15 is 0 Å². The number of nitrogens with two attached hydrogens (primary N) is 1. The van der Waals surface area contributed by atoms with Gasteiger partial charge in [0.15, 0.2) is 0 Å². The molecule has 0 spiro atoms. The Morgan fingerprint density at radius 1 is 1.41 bits per heavy atom. The Hall–Kier alpha value is -1.27. The first-order valence-electron chi connectivity index (χ1n) is 5.34. The van der Waals surface area contributed by atoms with Crippen LogP contribution in [-0.2, 0) is 10.0 Å². The van der Waals surface area contributed by atoms with Crippen LogP contribution in [0.4, 0.5) is 5.69 Å². The Morgan fingerprint density at radius 2 is 2.06 bits per heavy atom. The second-order valence-electron chi connectivity index (χ2n) is 4.58. The first-order chi connectivity index (χ1) is 7.86. The fraction of sp³-hybridized carbons (Fsp3) is 0.455. The van der Waals surface area contributed by atoms with Crippen LogP contribution in [-0.4, -0.2) is 21.1 Å². The lowest BCUT2D eigenvalue weighted by atomic mass is 10.3. The fourth-order valence-corrected chi connectivity index (χ4v) is 3.24. The summed E-state index contributed by atoms with van der Waals surface area (Å²) in [6, 6.07) is 4.57. The van der Waals surface area contributed by atoms with Crippen LogP contribution in [0.1, 0.15) is 19.8 Å². The molecule has 2 rings (SSSR count). The minimum absolute atomic E-state index is 0.0909. The van der Waals surface area contributed by atoms with Crippen LogP contribution in [0.25, 0.3) is 0 Å². The average Bonchev–Trinajstić information content (AvgIpc) is 2.95. The van der Waals surface area contributed by atoms with E-state index in [2.05, 4.69) is 4.72 Å². The number of nitrogen functional groups attached to an aromatic ring is 1. The molecule has 94 valence electrons. The van der Waals surface area contributed by atoms with Crippen molar-refractivity contribution in [2.24, 2.45) is 0 Å². The number of rotatable bonds is 4. The Labute approximate surface area is 101 Å². The van der Waals surface area contributed by atoms with E-state index in [1.54, 1.807) is 12.1 Å². The molecule has 1 aromatic rings. The molecule has 0 amide bonds. The zero-order chi connectivity index (χ0) is 12.7. The molecule has 3 N–H and O–H groups in total. The molecule has 1 fully saturated rings. The van der Waals surface area contributed by atoms with Gasteiger partial charge < -0.3 is 10.5 Å². The topological polar surface area (TPSA) is 81.4 Å². The second kappa shape index (κ2) is 3.89. The van der Waals surface area contributed by atoms with E-state index in [1.807, 2.05) is 6.92 Å². The number of hydrogen-bond donors (Lipinski definition) is 2. The lowest BCUT2D eigenvalue weighted by Crippen LogP contribution is -2.34. The molecule has 0 bridgehead atoms. The lowest BCUT2D eigenvalue weighted by Gasteiger charge is -2.14. The number of nitrogens with one attached hydrogen (secondary N) is 1. The number of benzene rings is 1. The molecule has 1 aromatic carbocycles.